The molecule has 0 radical (unpaired) electrons. The molecule has 6 heteroatoms. The fourth-order valence-corrected chi connectivity index (χ4v) is 4.62. The first-order valence-corrected chi connectivity index (χ1v) is 10.0. The second kappa shape index (κ2) is 7.27. The third-order valence-corrected chi connectivity index (χ3v) is 6.15. The van der Waals surface area contributed by atoms with Gasteiger partial charge < -0.3 is 5.32 Å². The third kappa shape index (κ3) is 4.20. The van der Waals surface area contributed by atoms with Crippen molar-refractivity contribution in [3.05, 3.63) is 65.2 Å². The highest BCUT2D eigenvalue weighted by Gasteiger charge is 2.26. The monoisotopic (exact) mass is 358 g/mol. The maximum absolute atomic E-state index is 12.4. The lowest BCUT2D eigenvalue weighted by molar-refractivity contribution is 0.0951. The van der Waals surface area contributed by atoms with Gasteiger partial charge in [0, 0.05) is 18.7 Å². The highest BCUT2D eigenvalue weighted by atomic mass is 32.2. The van der Waals surface area contributed by atoms with Crippen molar-refractivity contribution in [3.8, 4) is 0 Å². The molecule has 0 saturated carbocycles. The zero-order chi connectivity index (χ0) is 17.9. The van der Waals surface area contributed by atoms with Gasteiger partial charge in [0.2, 0.25) is 10.0 Å². The molecule has 1 heterocycles. The number of hydrogen-bond acceptors (Lipinski definition) is 3. The summed E-state index contributed by atoms with van der Waals surface area (Å²) in [6.07, 6.45) is 1.53. The number of amides is 1. The van der Waals surface area contributed by atoms with Crippen LogP contribution >= 0.6 is 0 Å². The number of carbonyl (C=O) groups is 1. The lowest BCUT2D eigenvalue weighted by Crippen LogP contribution is -2.38. The van der Waals surface area contributed by atoms with Gasteiger partial charge in [0.05, 0.1) is 11.4 Å². The van der Waals surface area contributed by atoms with E-state index in [0.29, 0.717) is 30.8 Å². The minimum Gasteiger partial charge on any atom is -0.348 e. The van der Waals surface area contributed by atoms with Crippen LogP contribution in [0.25, 0.3) is 0 Å². The second-order valence-electron chi connectivity index (χ2n) is 6.32. The molecule has 0 unspecified atom stereocenters. The summed E-state index contributed by atoms with van der Waals surface area (Å²) in [5.74, 6) is -0.0469. The zero-order valence-electron chi connectivity index (χ0n) is 14.2. The molecule has 0 bridgehead atoms. The van der Waals surface area contributed by atoms with Crippen molar-refractivity contribution in [2.24, 2.45) is 0 Å². The van der Waals surface area contributed by atoms with Gasteiger partial charge in [0.1, 0.15) is 0 Å². The molecule has 5 nitrogen and oxygen atoms in total. The Morgan fingerprint density at radius 1 is 1.12 bits per heavy atom. The topological polar surface area (TPSA) is 66.5 Å². The van der Waals surface area contributed by atoms with Crippen LogP contribution in [0.2, 0.25) is 0 Å². The summed E-state index contributed by atoms with van der Waals surface area (Å²) < 4.78 is 25.9. The second-order valence-corrected chi connectivity index (χ2v) is 8.33. The average Bonchev–Trinajstić information content (AvgIpc) is 2.59. The van der Waals surface area contributed by atoms with Crippen LogP contribution in [-0.4, -0.2) is 26.6 Å². The highest BCUT2D eigenvalue weighted by Crippen LogP contribution is 2.24. The normalized spacial score (nSPS) is 16.4. The molecule has 0 spiro atoms. The first-order valence-electron chi connectivity index (χ1n) is 8.40. The van der Waals surface area contributed by atoms with E-state index in [1.54, 1.807) is 24.3 Å². The zero-order valence-corrected chi connectivity index (χ0v) is 15.1. The highest BCUT2D eigenvalue weighted by molar-refractivity contribution is 7.92. The molecular formula is C19H22N2O3S. The molecule has 2 aromatic rings. The molecule has 2 aromatic carbocycles. The first-order chi connectivity index (χ1) is 12.0. The Hall–Kier alpha value is -2.34. The Bertz CT molecular complexity index is 878. The molecule has 25 heavy (non-hydrogen) atoms. The van der Waals surface area contributed by atoms with E-state index in [9.17, 15) is 13.2 Å². The lowest BCUT2D eigenvalue weighted by atomic mass is 10.1. The Balaban J connectivity index is 1.73. The number of benzene rings is 2. The van der Waals surface area contributed by atoms with Gasteiger partial charge in [-0.1, -0.05) is 35.9 Å². The molecule has 1 fully saturated rings. The number of anilines is 1. The largest absolute Gasteiger partial charge is 0.348 e. The third-order valence-electron chi connectivity index (χ3n) is 4.28. The van der Waals surface area contributed by atoms with E-state index < -0.39 is 10.0 Å². The van der Waals surface area contributed by atoms with Crippen LogP contribution < -0.4 is 9.62 Å². The molecule has 1 saturated heterocycles. The Labute approximate surface area is 148 Å². The van der Waals surface area contributed by atoms with Gasteiger partial charge in [-0.15, -0.1) is 0 Å². The van der Waals surface area contributed by atoms with Gasteiger partial charge >= 0.3 is 0 Å². The van der Waals surface area contributed by atoms with Crippen molar-refractivity contribution in [1.82, 2.24) is 5.32 Å². The van der Waals surface area contributed by atoms with Crippen LogP contribution in [0.4, 0.5) is 5.69 Å². The van der Waals surface area contributed by atoms with Crippen LogP contribution in [0.3, 0.4) is 0 Å². The van der Waals surface area contributed by atoms with Gasteiger partial charge in [0.25, 0.3) is 5.91 Å². The number of carbonyl (C=O) groups excluding carboxylic acids is 1. The summed E-state index contributed by atoms with van der Waals surface area (Å²) in [4.78, 5) is 12.4. The molecule has 0 aliphatic carbocycles. The summed E-state index contributed by atoms with van der Waals surface area (Å²) in [5.41, 5.74) is 3.20. The van der Waals surface area contributed by atoms with E-state index in [0.717, 1.165) is 17.5 Å². The van der Waals surface area contributed by atoms with E-state index >= 15 is 0 Å². The molecule has 1 amide bonds. The quantitative estimate of drug-likeness (QED) is 0.914. The van der Waals surface area contributed by atoms with Crippen molar-refractivity contribution >= 4 is 21.6 Å². The predicted octanol–water partition coefficient (Wildman–Crippen LogP) is 2.86. The van der Waals surface area contributed by atoms with Crippen LogP contribution in [0.1, 0.15) is 34.3 Å². The molecule has 0 atom stereocenters. The number of hydrogen-bond donors (Lipinski definition) is 1. The Morgan fingerprint density at radius 2 is 1.92 bits per heavy atom. The minimum absolute atomic E-state index is 0.163. The van der Waals surface area contributed by atoms with Crippen molar-refractivity contribution in [1.29, 1.82) is 0 Å². The molecule has 1 aliphatic rings. The van der Waals surface area contributed by atoms with Crippen molar-refractivity contribution in [2.45, 2.75) is 26.3 Å². The standard InChI is InChI=1S/C19H22N2O3S/c1-15-6-4-7-16(12-15)14-20-19(22)17-8-5-9-18(13-17)21-10-2-3-11-25(21,23)24/h4-9,12-13H,2-3,10-11,14H2,1H3,(H,20,22). The van der Waals surface area contributed by atoms with Gasteiger partial charge in [-0.25, -0.2) is 8.42 Å². The van der Waals surface area contributed by atoms with Crippen molar-refractivity contribution in [2.75, 3.05) is 16.6 Å². The van der Waals surface area contributed by atoms with Gasteiger partial charge in [-0.3, -0.25) is 9.10 Å². The molecule has 3 rings (SSSR count). The van der Waals surface area contributed by atoms with Crippen molar-refractivity contribution in [3.63, 3.8) is 0 Å². The number of aryl methyl sites for hydroxylation is 1. The number of sulfonamides is 1. The Kier molecular flexibility index (Phi) is 5.08. The molecular weight excluding hydrogens is 336 g/mol. The summed E-state index contributed by atoms with van der Waals surface area (Å²) in [6, 6.07) is 14.8. The van der Waals surface area contributed by atoms with Crippen LogP contribution in [-0.2, 0) is 16.6 Å². The van der Waals surface area contributed by atoms with Crippen molar-refractivity contribution < 1.29 is 13.2 Å². The van der Waals surface area contributed by atoms with E-state index in [1.165, 1.54) is 4.31 Å². The summed E-state index contributed by atoms with van der Waals surface area (Å²) in [5, 5.41) is 2.89. The van der Waals surface area contributed by atoms with Gasteiger partial charge in [-0.05, 0) is 43.5 Å². The first kappa shape index (κ1) is 17.5. The number of rotatable bonds is 4. The molecule has 1 aliphatic heterocycles. The summed E-state index contributed by atoms with van der Waals surface area (Å²) in [7, 11) is -3.28. The maximum Gasteiger partial charge on any atom is 0.251 e. The van der Waals surface area contributed by atoms with E-state index in [2.05, 4.69) is 5.32 Å². The summed E-state index contributed by atoms with van der Waals surface area (Å²) >= 11 is 0. The van der Waals surface area contributed by atoms with Gasteiger partial charge in [-0.2, -0.15) is 0 Å². The fraction of sp³-hybridized carbons (Fsp3) is 0.316. The fourth-order valence-electron chi connectivity index (χ4n) is 2.99. The smallest absolute Gasteiger partial charge is 0.251 e. The van der Waals surface area contributed by atoms with Crippen LogP contribution in [0, 0.1) is 6.92 Å². The average molecular weight is 358 g/mol. The van der Waals surface area contributed by atoms with E-state index in [-0.39, 0.29) is 11.7 Å². The molecule has 132 valence electrons. The number of nitrogens with zero attached hydrogens (tertiary/aromatic N) is 1. The summed E-state index contributed by atoms with van der Waals surface area (Å²) in [6.45, 7) is 2.91. The SMILES string of the molecule is Cc1cccc(CNC(=O)c2cccc(N3CCCCS3(=O)=O)c2)c1. The van der Waals surface area contributed by atoms with Crippen LogP contribution in [0.5, 0.6) is 0 Å². The number of nitrogens with one attached hydrogen (secondary N) is 1. The minimum atomic E-state index is -3.28. The Morgan fingerprint density at radius 3 is 2.68 bits per heavy atom. The molecule has 0 aromatic heterocycles. The maximum atomic E-state index is 12.4. The van der Waals surface area contributed by atoms with E-state index in [4.69, 9.17) is 0 Å². The predicted molar refractivity (Wildman–Crippen MR) is 99.2 cm³/mol. The van der Waals surface area contributed by atoms with Gasteiger partial charge in [0.15, 0.2) is 0 Å². The van der Waals surface area contributed by atoms with E-state index in [1.807, 2.05) is 31.2 Å². The molecule has 1 N–H and O–H groups in total. The van der Waals surface area contributed by atoms with Crippen LogP contribution in [0.15, 0.2) is 48.5 Å². The lowest BCUT2D eigenvalue weighted by Gasteiger charge is -2.28.